The molecule has 8 heteroatoms. The van der Waals surface area contributed by atoms with Crippen LogP contribution in [0, 0.1) is 6.92 Å². The first-order valence-electron chi connectivity index (χ1n) is 14.0. The number of aliphatic carboxylic acids is 1. The lowest BCUT2D eigenvalue weighted by Gasteiger charge is -2.24. The van der Waals surface area contributed by atoms with E-state index in [1.54, 1.807) is 18.9 Å². The van der Waals surface area contributed by atoms with Crippen molar-refractivity contribution in [2.75, 3.05) is 32.3 Å². The summed E-state index contributed by atoms with van der Waals surface area (Å²) < 4.78 is 5.60. The lowest BCUT2D eigenvalue weighted by molar-refractivity contribution is -0.139. The molecule has 1 amide bonds. The molecule has 0 radical (unpaired) electrons. The highest BCUT2D eigenvalue weighted by Crippen LogP contribution is 2.33. The zero-order valence-corrected chi connectivity index (χ0v) is 25.7. The van der Waals surface area contributed by atoms with Gasteiger partial charge in [-0.25, -0.2) is 4.79 Å². The molecule has 0 aromatic heterocycles. The van der Waals surface area contributed by atoms with Crippen LogP contribution in [0.2, 0.25) is 0 Å². The fourth-order valence-electron chi connectivity index (χ4n) is 5.36. The Morgan fingerprint density at radius 1 is 1.05 bits per heavy atom. The molecule has 0 spiro atoms. The van der Waals surface area contributed by atoms with Gasteiger partial charge in [0.1, 0.15) is 6.04 Å². The predicted octanol–water partition coefficient (Wildman–Crippen LogP) is 6.12. The number of nitrogens with zero attached hydrogens (tertiary/aromatic N) is 1. The first-order chi connectivity index (χ1) is 19.9. The largest absolute Gasteiger partial charge is 0.480 e. The number of methoxy groups -OCH3 is 1. The average Bonchev–Trinajstić information content (AvgIpc) is 3.35. The van der Waals surface area contributed by atoms with Crippen LogP contribution in [-0.2, 0) is 21.8 Å². The van der Waals surface area contributed by atoms with Gasteiger partial charge in [0, 0.05) is 42.8 Å². The molecule has 1 aliphatic heterocycles. The van der Waals surface area contributed by atoms with E-state index in [0.717, 1.165) is 47.5 Å². The Bertz CT molecular complexity index is 1300. The van der Waals surface area contributed by atoms with Crippen LogP contribution in [0.15, 0.2) is 72.8 Å². The highest BCUT2D eigenvalue weighted by atomic mass is 32.2. The molecule has 218 valence electrons. The molecule has 3 atom stereocenters. The number of rotatable bonds is 14. The van der Waals surface area contributed by atoms with Gasteiger partial charge in [-0.05, 0) is 71.7 Å². The predicted molar refractivity (Wildman–Crippen MR) is 171 cm³/mol. The molecule has 41 heavy (non-hydrogen) atoms. The number of hydrogen-bond acceptors (Lipinski definition) is 6. The number of carboxylic acids is 1. The van der Waals surface area contributed by atoms with E-state index in [1.165, 1.54) is 5.56 Å². The topological polar surface area (TPSA) is 78.9 Å². The Morgan fingerprint density at radius 2 is 1.80 bits per heavy atom. The maximum Gasteiger partial charge on any atom is 0.326 e. The molecule has 1 heterocycles. The minimum Gasteiger partial charge on any atom is -0.480 e. The zero-order chi connectivity index (χ0) is 29.2. The highest BCUT2D eigenvalue weighted by Gasteiger charge is 2.32. The van der Waals surface area contributed by atoms with Gasteiger partial charge in [0.25, 0.3) is 5.91 Å². The lowest BCUT2D eigenvalue weighted by Crippen LogP contribution is -2.41. The number of benzene rings is 3. The summed E-state index contributed by atoms with van der Waals surface area (Å²) in [7, 11) is 1.76. The Hall–Kier alpha value is -2.78. The molecule has 1 aliphatic rings. The standard InChI is InChI=1S/C33H40N2O4S2/c1-23-9-7-8-12-28(23)30-17-25(13-14-29(30)32(36)34-31(33(37)38)15-16-40-3)19-35-20-27(18-26(35)21-39-2)41-22-24-10-5-4-6-11-24/h4-14,17,26-27,31H,15-16,18-22H2,1-3H3,(H,34,36)(H,37,38)/t26-,27?,31-/m0/s1. The fourth-order valence-corrected chi connectivity index (χ4v) is 7.10. The first kappa shape index (κ1) is 31.2. The summed E-state index contributed by atoms with van der Waals surface area (Å²) in [6.45, 7) is 4.44. The van der Waals surface area contributed by atoms with Crippen LogP contribution in [0.25, 0.3) is 11.1 Å². The third-order valence-corrected chi connectivity index (χ3v) is 9.50. The van der Waals surface area contributed by atoms with Gasteiger partial charge in [0.2, 0.25) is 0 Å². The monoisotopic (exact) mass is 592 g/mol. The number of amides is 1. The van der Waals surface area contributed by atoms with Crippen LogP contribution < -0.4 is 5.32 Å². The Morgan fingerprint density at radius 3 is 2.51 bits per heavy atom. The Kier molecular flexibility index (Phi) is 11.7. The van der Waals surface area contributed by atoms with Crippen LogP contribution in [-0.4, -0.2) is 71.5 Å². The van der Waals surface area contributed by atoms with Crippen LogP contribution in [0.5, 0.6) is 0 Å². The fraction of sp³-hybridized carbons (Fsp3) is 0.394. The van der Waals surface area contributed by atoms with Crippen molar-refractivity contribution >= 4 is 35.4 Å². The number of thioether (sulfide) groups is 2. The second kappa shape index (κ2) is 15.4. The molecule has 1 saturated heterocycles. The number of nitrogens with one attached hydrogen (secondary N) is 1. The van der Waals surface area contributed by atoms with Crippen molar-refractivity contribution in [3.63, 3.8) is 0 Å². The van der Waals surface area contributed by atoms with Crippen molar-refractivity contribution in [1.82, 2.24) is 10.2 Å². The van der Waals surface area contributed by atoms with Crippen molar-refractivity contribution in [2.24, 2.45) is 0 Å². The van der Waals surface area contributed by atoms with Gasteiger partial charge in [0.15, 0.2) is 0 Å². The van der Waals surface area contributed by atoms with E-state index in [0.29, 0.717) is 35.6 Å². The number of hydrogen-bond donors (Lipinski definition) is 2. The third-order valence-electron chi connectivity index (χ3n) is 7.54. The normalized spacial score (nSPS) is 17.8. The molecule has 0 aliphatic carbocycles. The lowest BCUT2D eigenvalue weighted by atomic mass is 9.93. The van der Waals surface area contributed by atoms with Crippen LogP contribution in [0.1, 0.15) is 39.9 Å². The van der Waals surface area contributed by atoms with Crippen molar-refractivity contribution < 1.29 is 19.4 Å². The number of ether oxygens (including phenoxy) is 1. The van der Waals surface area contributed by atoms with E-state index in [4.69, 9.17) is 4.74 Å². The van der Waals surface area contributed by atoms with Gasteiger partial charge in [-0.1, -0.05) is 60.7 Å². The van der Waals surface area contributed by atoms with Crippen LogP contribution in [0.3, 0.4) is 0 Å². The summed E-state index contributed by atoms with van der Waals surface area (Å²) in [4.78, 5) is 27.8. The second-order valence-electron chi connectivity index (χ2n) is 10.5. The molecular formula is C33H40N2O4S2. The number of carbonyl (C=O) groups is 2. The smallest absolute Gasteiger partial charge is 0.326 e. The van der Waals surface area contributed by atoms with E-state index in [9.17, 15) is 14.7 Å². The average molecular weight is 593 g/mol. The van der Waals surface area contributed by atoms with Crippen molar-refractivity contribution in [3.05, 3.63) is 95.1 Å². The number of aryl methyl sites for hydroxylation is 1. The van der Waals surface area contributed by atoms with Crippen molar-refractivity contribution in [1.29, 1.82) is 0 Å². The summed E-state index contributed by atoms with van der Waals surface area (Å²) in [5.41, 5.74) is 5.81. The molecule has 0 bridgehead atoms. The second-order valence-corrected chi connectivity index (χ2v) is 12.8. The molecule has 4 rings (SSSR count). The number of carbonyl (C=O) groups excluding carboxylic acids is 1. The molecule has 3 aromatic carbocycles. The molecule has 3 aromatic rings. The summed E-state index contributed by atoms with van der Waals surface area (Å²) in [5, 5.41) is 13.0. The van der Waals surface area contributed by atoms with Gasteiger partial charge >= 0.3 is 5.97 Å². The van der Waals surface area contributed by atoms with E-state index in [-0.39, 0.29) is 5.91 Å². The Balaban J connectivity index is 1.56. The van der Waals surface area contributed by atoms with E-state index in [2.05, 4.69) is 46.6 Å². The SMILES string of the molecule is COC[C@@H]1CC(SCc2ccccc2)CN1Cc1ccc(C(=O)N[C@@H](CCSC)C(=O)O)c(-c2ccccc2C)c1. The molecule has 1 fully saturated rings. The van der Waals surface area contributed by atoms with Gasteiger partial charge in [-0.3, -0.25) is 9.69 Å². The maximum absolute atomic E-state index is 13.4. The minimum atomic E-state index is -1.01. The minimum absolute atomic E-state index is 0.325. The summed E-state index contributed by atoms with van der Waals surface area (Å²) in [5.74, 6) is 0.275. The molecule has 1 unspecified atom stereocenters. The van der Waals surface area contributed by atoms with Crippen molar-refractivity contribution in [3.8, 4) is 11.1 Å². The summed E-state index contributed by atoms with van der Waals surface area (Å²) in [6, 6.07) is 24.0. The van der Waals surface area contributed by atoms with Gasteiger partial charge in [-0.2, -0.15) is 23.5 Å². The van der Waals surface area contributed by atoms with E-state index >= 15 is 0 Å². The quantitative estimate of drug-likeness (QED) is 0.234. The van der Waals surface area contributed by atoms with Gasteiger partial charge < -0.3 is 15.2 Å². The molecule has 2 N–H and O–H groups in total. The summed E-state index contributed by atoms with van der Waals surface area (Å²) in [6.07, 6.45) is 3.37. The zero-order valence-electron chi connectivity index (χ0n) is 24.0. The molecule has 6 nitrogen and oxygen atoms in total. The number of likely N-dealkylation sites (tertiary alicyclic amines) is 1. The first-order valence-corrected chi connectivity index (χ1v) is 16.4. The van der Waals surface area contributed by atoms with Crippen LogP contribution in [0.4, 0.5) is 0 Å². The third kappa shape index (κ3) is 8.61. The van der Waals surface area contributed by atoms with Gasteiger partial charge in [0.05, 0.1) is 6.61 Å². The van der Waals surface area contributed by atoms with Crippen LogP contribution >= 0.6 is 23.5 Å². The van der Waals surface area contributed by atoms with E-state index < -0.39 is 12.0 Å². The molecular weight excluding hydrogens is 553 g/mol. The van der Waals surface area contributed by atoms with Gasteiger partial charge in [-0.15, -0.1) is 0 Å². The summed E-state index contributed by atoms with van der Waals surface area (Å²) >= 11 is 3.57. The number of carboxylic acid groups (broad SMARTS) is 1. The highest BCUT2D eigenvalue weighted by molar-refractivity contribution is 7.99. The van der Waals surface area contributed by atoms with Crippen molar-refractivity contribution in [2.45, 2.75) is 49.4 Å². The van der Waals surface area contributed by atoms with E-state index in [1.807, 2.05) is 61.3 Å². The molecule has 0 saturated carbocycles. The maximum atomic E-state index is 13.4. The Labute approximate surface area is 252 Å².